The molecule has 0 fully saturated rings. The lowest BCUT2D eigenvalue weighted by Gasteiger charge is -2.32. The summed E-state index contributed by atoms with van der Waals surface area (Å²) < 4.78 is 42.9. The van der Waals surface area contributed by atoms with Gasteiger partial charge in [-0.2, -0.15) is 0 Å². The number of amides is 2. The van der Waals surface area contributed by atoms with Gasteiger partial charge in [-0.1, -0.05) is 72.9 Å². The monoisotopic (exact) mass is 593 g/mol. The average molecular weight is 595 g/mol. The molecule has 0 aliphatic carbocycles. The Morgan fingerprint density at radius 1 is 0.949 bits per heavy atom. The Labute approximate surface area is 238 Å². The number of unbranched alkanes of at least 4 members (excludes halogenated alkanes) is 1. The quantitative estimate of drug-likeness (QED) is 0.274. The molecule has 208 valence electrons. The van der Waals surface area contributed by atoms with E-state index in [1.54, 1.807) is 24.3 Å². The van der Waals surface area contributed by atoms with Crippen LogP contribution in [-0.4, -0.2) is 44.3 Å². The van der Waals surface area contributed by atoms with Gasteiger partial charge in [-0.15, -0.1) is 0 Å². The summed E-state index contributed by atoms with van der Waals surface area (Å²) in [6.45, 7) is 2.99. The third-order valence-electron chi connectivity index (χ3n) is 6.12. The summed E-state index contributed by atoms with van der Waals surface area (Å²) in [5, 5.41) is 3.35. The van der Waals surface area contributed by atoms with Crippen LogP contribution < -0.4 is 9.62 Å². The fraction of sp³-hybridized carbons (Fsp3) is 0.286. The number of halogens is 3. The zero-order valence-corrected chi connectivity index (χ0v) is 23.9. The molecule has 0 bridgehead atoms. The van der Waals surface area contributed by atoms with Crippen LogP contribution in [0.5, 0.6) is 0 Å². The molecule has 0 radical (unpaired) electrons. The molecule has 11 heteroatoms. The van der Waals surface area contributed by atoms with Gasteiger partial charge < -0.3 is 10.2 Å². The van der Waals surface area contributed by atoms with E-state index in [4.69, 9.17) is 23.2 Å². The van der Waals surface area contributed by atoms with Crippen molar-refractivity contribution >= 4 is 50.7 Å². The maximum atomic E-state index is 14.9. The van der Waals surface area contributed by atoms with Crippen LogP contribution in [0.15, 0.2) is 77.7 Å². The highest BCUT2D eigenvalue weighted by atomic mass is 35.5. The molecule has 0 saturated carbocycles. The van der Waals surface area contributed by atoms with Gasteiger partial charge in [0.15, 0.2) is 0 Å². The predicted molar refractivity (Wildman–Crippen MR) is 152 cm³/mol. The molecular weight excluding hydrogens is 564 g/mol. The molecule has 0 heterocycles. The minimum Gasteiger partial charge on any atom is -0.354 e. The number of hydrogen-bond acceptors (Lipinski definition) is 4. The molecule has 7 nitrogen and oxygen atoms in total. The first-order chi connectivity index (χ1) is 18.6. The maximum absolute atomic E-state index is 14.9. The van der Waals surface area contributed by atoms with Crippen LogP contribution >= 0.6 is 23.2 Å². The Hall–Kier alpha value is -3.14. The Morgan fingerprint density at radius 2 is 1.56 bits per heavy atom. The summed E-state index contributed by atoms with van der Waals surface area (Å²) in [6.07, 6.45) is 1.61. The van der Waals surface area contributed by atoms with Gasteiger partial charge in [0.25, 0.3) is 10.0 Å². The lowest BCUT2D eigenvalue weighted by molar-refractivity contribution is -0.139. The summed E-state index contributed by atoms with van der Waals surface area (Å²) in [5.74, 6) is -1.99. The molecule has 3 aromatic rings. The largest absolute Gasteiger partial charge is 0.354 e. The second-order valence-electron chi connectivity index (χ2n) is 8.82. The third-order valence-corrected chi connectivity index (χ3v) is 8.60. The lowest BCUT2D eigenvalue weighted by Crippen LogP contribution is -2.51. The number of carbonyl (C=O) groups is 2. The fourth-order valence-corrected chi connectivity index (χ4v) is 5.82. The minimum absolute atomic E-state index is 0.118. The van der Waals surface area contributed by atoms with Gasteiger partial charge in [-0.25, -0.2) is 12.8 Å². The summed E-state index contributed by atoms with van der Waals surface area (Å²) in [6, 6.07) is 16.5. The number of nitrogens with zero attached hydrogens (tertiary/aromatic N) is 2. The van der Waals surface area contributed by atoms with Gasteiger partial charge in [0.05, 0.1) is 10.6 Å². The van der Waals surface area contributed by atoms with Gasteiger partial charge in [0.1, 0.15) is 18.4 Å². The summed E-state index contributed by atoms with van der Waals surface area (Å²) in [7, 11) is -4.36. The molecule has 0 aromatic heterocycles. The van der Waals surface area contributed by atoms with E-state index >= 15 is 0 Å². The van der Waals surface area contributed by atoms with E-state index in [0.29, 0.717) is 16.4 Å². The van der Waals surface area contributed by atoms with Crippen molar-refractivity contribution in [2.24, 2.45) is 0 Å². The predicted octanol–water partition coefficient (Wildman–Crippen LogP) is 5.66. The number of sulfonamides is 1. The van der Waals surface area contributed by atoms with Crippen LogP contribution in [0.2, 0.25) is 10.0 Å². The molecule has 39 heavy (non-hydrogen) atoms. The molecule has 3 aromatic carbocycles. The zero-order valence-electron chi connectivity index (χ0n) is 21.6. The Balaban J connectivity index is 2.04. The van der Waals surface area contributed by atoms with E-state index < -0.39 is 40.2 Å². The molecule has 3 rings (SSSR count). The number of benzene rings is 3. The van der Waals surface area contributed by atoms with E-state index in [9.17, 15) is 22.4 Å². The molecule has 0 aliphatic heterocycles. The highest BCUT2D eigenvalue weighted by molar-refractivity contribution is 7.92. The van der Waals surface area contributed by atoms with E-state index in [2.05, 4.69) is 5.32 Å². The molecule has 0 aliphatic rings. The van der Waals surface area contributed by atoms with Gasteiger partial charge >= 0.3 is 0 Å². The van der Waals surface area contributed by atoms with Crippen LogP contribution in [0.4, 0.5) is 10.1 Å². The van der Waals surface area contributed by atoms with Crippen molar-refractivity contribution in [2.45, 2.75) is 44.2 Å². The van der Waals surface area contributed by atoms with E-state index in [0.717, 1.165) is 18.9 Å². The SMILES string of the molecule is CCCCNC(=O)[C@H](C)N(Cc1c(Cl)cccc1Cl)C(=O)CN(c1ccccc1F)S(=O)(=O)c1ccccc1. The van der Waals surface area contributed by atoms with Crippen LogP contribution in [0.25, 0.3) is 0 Å². The fourth-order valence-electron chi connectivity index (χ4n) is 3.86. The van der Waals surface area contributed by atoms with E-state index in [1.165, 1.54) is 54.3 Å². The number of nitrogens with one attached hydrogen (secondary N) is 1. The molecule has 2 amide bonds. The van der Waals surface area contributed by atoms with Crippen LogP contribution in [0.3, 0.4) is 0 Å². The number of hydrogen-bond donors (Lipinski definition) is 1. The van der Waals surface area contributed by atoms with Crippen LogP contribution in [0, 0.1) is 5.82 Å². The number of carbonyl (C=O) groups excluding carboxylic acids is 2. The second kappa shape index (κ2) is 13.8. The summed E-state index contributed by atoms with van der Waals surface area (Å²) >= 11 is 12.7. The Kier molecular flexibility index (Phi) is 10.7. The first kappa shape index (κ1) is 30.4. The average Bonchev–Trinajstić information content (AvgIpc) is 2.92. The first-order valence-corrected chi connectivity index (χ1v) is 14.6. The minimum atomic E-state index is -4.36. The van der Waals surface area contributed by atoms with E-state index in [-0.39, 0.29) is 27.2 Å². The molecule has 0 unspecified atom stereocenters. The molecular formula is C28H30Cl2FN3O4S. The highest BCUT2D eigenvalue weighted by Gasteiger charge is 2.34. The van der Waals surface area contributed by atoms with Crippen molar-refractivity contribution in [3.05, 3.63) is 94.2 Å². The topological polar surface area (TPSA) is 86.8 Å². The molecule has 0 spiro atoms. The van der Waals surface area contributed by atoms with Crippen molar-refractivity contribution in [1.82, 2.24) is 10.2 Å². The standard InChI is InChI=1S/C28H30Cl2FN3O4S/c1-3-4-17-32-28(36)20(2)33(18-22-23(29)13-10-14-24(22)30)27(35)19-34(26-16-9-8-15-25(26)31)39(37,38)21-11-6-5-7-12-21/h5-16,20H,3-4,17-19H2,1-2H3,(H,32,36)/t20-/m0/s1. The van der Waals surface area contributed by atoms with Crippen LogP contribution in [-0.2, 0) is 26.2 Å². The molecule has 1 N–H and O–H groups in total. The normalized spacial score (nSPS) is 12.0. The number of anilines is 1. The Bertz CT molecular complexity index is 1390. The van der Waals surface area contributed by atoms with Gasteiger partial charge in [-0.05, 0) is 49.7 Å². The number of para-hydroxylation sites is 1. The van der Waals surface area contributed by atoms with Crippen molar-refractivity contribution in [3.63, 3.8) is 0 Å². The van der Waals surface area contributed by atoms with Crippen molar-refractivity contribution in [2.75, 3.05) is 17.4 Å². The Morgan fingerprint density at radius 3 is 2.18 bits per heavy atom. The third kappa shape index (κ3) is 7.50. The van der Waals surface area contributed by atoms with Gasteiger partial charge in [0.2, 0.25) is 11.8 Å². The summed E-state index contributed by atoms with van der Waals surface area (Å²) in [4.78, 5) is 27.9. The van der Waals surface area contributed by atoms with Crippen molar-refractivity contribution in [3.8, 4) is 0 Å². The molecule has 1 atom stereocenters. The second-order valence-corrected chi connectivity index (χ2v) is 11.5. The highest BCUT2D eigenvalue weighted by Crippen LogP contribution is 2.29. The smallest absolute Gasteiger partial charge is 0.264 e. The van der Waals surface area contributed by atoms with Crippen molar-refractivity contribution in [1.29, 1.82) is 0 Å². The number of rotatable bonds is 12. The van der Waals surface area contributed by atoms with Gasteiger partial charge in [-0.3, -0.25) is 13.9 Å². The van der Waals surface area contributed by atoms with Crippen molar-refractivity contribution < 1.29 is 22.4 Å². The van der Waals surface area contributed by atoms with E-state index in [1.807, 2.05) is 6.92 Å². The first-order valence-electron chi connectivity index (χ1n) is 12.4. The van der Waals surface area contributed by atoms with Gasteiger partial charge in [0, 0.05) is 28.7 Å². The van der Waals surface area contributed by atoms with Crippen LogP contribution in [0.1, 0.15) is 32.3 Å². The molecule has 0 saturated heterocycles. The maximum Gasteiger partial charge on any atom is 0.264 e. The summed E-state index contributed by atoms with van der Waals surface area (Å²) in [5.41, 5.74) is 0.0937. The lowest BCUT2D eigenvalue weighted by atomic mass is 10.1. The zero-order chi connectivity index (χ0) is 28.6.